The second kappa shape index (κ2) is 5.96. The average Bonchev–Trinajstić information content (AvgIpc) is 2.59. The van der Waals surface area contributed by atoms with E-state index in [1.54, 1.807) is 6.07 Å². The minimum Gasteiger partial charge on any atom is -0.393 e. The number of hydrogen-bond donors (Lipinski definition) is 1. The summed E-state index contributed by atoms with van der Waals surface area (Å²) in [4.78, 5) is 0.320. The number of nitrogens with zero attached hydrogens (tertiary/aromatic N) is 1. The second-order valence-corrected chi connectivity index (χ2v) is 9.22. The normalized spacial score (nSPS) is 13.8. The third-order valence-corrected chi connectivity index (χ3v) is 7.33. The molecule has 1 rings (SSSR count). The van der Waals surface area contributed by atoms with Crippen molar-refractivity contribution in [2.75, 3.05) is 13.6 Å². The summed E-state index contributed by atoms with van der Waals surface area (Å²) < 4.78 is 27.0. The Labute approximate surface area is 125 Å². The molecule has 2 N–H and O–H groups in total. The van der Waals surface area contributed by atoms with Crippen molar-refractivity contribution >= 4 is 54.5 Å². The highest BCUT2D eigenvalue weighted by molar-refractivity contribution is 9.11. The molecule has 0 spiro atoms. The maximum atomic E-state index is 12.3. The van der Waals surface area contributed by atoms with E-state index >= 15 is 0 Å². The van der Waals surface area contributed by atoms with Crippen LogP contribution in [0.1, 0.15) is 12.5 Å². The summed E-state index contributed by atoms with van der Waals surface area (Å²) in [6.07, 6.45) is 0. The molecule has 102 valence electrons. The van der Waals surface area contributed by atoms with E-state index in [2.05, 4.69) is 15.9 Å². The molecule has 0 aliphatic heterocycles. The smallest absolute Gasteiger partial charge is 0.252 e. The molecule has 0 aromatic carbocycles. The summed E-state index contributed by atoms with van der Waals surface area (Å²) in [7, 11) is -1.93. The van der Waals surface area contributed by atoms with E-state index in [1.165, 1.54) is 22.7 Å². The lowest BCUT2D eigenvalue weighted by Crippen LogP contribution is -2.35. The van der Waals surface area contributed by atoms with E-state index in [9.17, 15) is 8.42 Å². The van der Waals surface area contributed by atoms with E-state index in [4.69, 9.17) is 18.0 Å². The predicted molar refractivity (Wildman–Crippen MR) is 82.5 cm³/mol. The predicted octanol–water partition coefficient (Wildman–Crippen LogP) is 2.36. The van der Waals surface area contributed by atoms with Gasteiger partial charge in [-0.15, -0.1) is 11.3 Å². The molecule has 0 aliphatic rings. The Morgan fingerprint density at radius 2 is 2.22 bits per heavy atom. The van der Waals surface area contributed by atoms with E-state index < -0.39 is 10.0 Å². The monoisotopic (exact) mass is 370 g/mol. The van der Waals surface area contributed by atoms with Gasteiger partial charge in [-0.1, -0.05) is 19.1 Å². The molecule has 0 radical (unpaired) electrons. The van der Waals surface area contributed by atoms with E-state index in [-0.39, 0.29) is 12.5 Å². The van der Waals surface area contributed by atoms with Crippen molar-refractivity contribution in [1.29, 1.82) is 0 Å². The summed E-state index contributed by atoms with van der Waals surface area (Å²) >= 11 is 9.39. The van der Waals surface area contributed by atoms with Crippen molar-refractivity contribution in [3.8, 4) is 0 Å². The number of aryl methyl sites for hydroxylation is 1. The Morgan fingerprint density at radius 1 is 1.67 bits per heavy atom. The van der Waals surface area contributed by atoms with Crippen molar-refractivity contribution in [2.45, 2.75) is 18.1 Å². The van der Waals surface area contributed by atoms with Crippen molar-refractivity contribution in [3.63, 3.8) is 0 Å². The van der Waals surface area contributed by atoms with Crippen LogP contribution in [-0.4, -0.2) is 31.3 Å². The SMILES string of the molecule is Cc1cc(S(=O)(=O)N(C)CC(C)C(N)=S)sc1Br. The van der Waals surface area contributed by atoms with Crippen LogP contribution in [-0.2, 0) is 10.0 Å². The lowest BCUT2D eigenvalue weighted by Gasteiger charge is -2.19. The van der Waals surface area contributed by atoms with Crippen LogP contribution in [0.4, 0.5) is 0 Å². The van der Waals surface area contributed by atoms with E-state index in [0.717, 1.165) is 9.35 Å². The van der Waals surface area contributed by atoms with Gasteiger partial charge in [0.15, 0.2) is 0 Å². The fourth-order valence-corrected chi connectivity index (χ4v) is 5.06. The van der Waals surface area contributed by atoms with Gasteiger partial charge >= 0.3 is 0 Å². The standard InChI is InChI=1S/C10H15BrN2O2S3/c1-6-4-8(17-9(6)11)18(14,15)13(3)5-7(2)10(12)16/h4,7H,5H2,1-3H3,(H2,12,16). The van der Waals surface area contributed by atoms with Gasteiger partial charge in [-0.3, -0.25) is 0 Å². The molecule has 0 saturated carbocycles. The zero-order valence-electron chi connectivity index (χ0n) is 10.3. The highest BCUT2D eigenvalue weighted by atomic mass is 79.9. The first-order chi connectivity index (χ1) is 8.16. The molecule has 1 atom stereocenters. The molecule has 0 aliphatic carbocycles. The highest BCUT2D eigenvalue weighted by Crippen LogP contribution is 2.32. The summed E-state index contributed by atoms with van der Waals surface area (Å²) in [5.74, 6) is -0.149. The Bertz CT molecular complexity index is 534. The molecule has 18 heavy (non-hydrogen) atoms. The number of nitrogens with two attached hydrogens (primary N) is 1. The van der Waals surface area contributed by atoms with Crippen LogP contribution < -0.4 is 5.73 Å². The third kappa shape index (κ3) is 3.51. The van der Waals surface area contributed by atoms with Crippen LogP contribution in [0.3, 0.4) is 0 Å². The van der Waals surface area contributed by atoms with Crippen molar-refractivity contribution in [1.82, 2.24) is 4.31 Å². The molecule has 1 aromatic rings. The van der Waals surface area contributed by atoms with Crippen molar-refractivity contribution in [2.24, 2.45) is 11.7 Å². The number of halogens is 1. The Balaban J connectivity index is 2.96. The molecule has 0 saturated heterocycles. The van der Waals surface area contributed by atoms with Gasteiger partial charge in [-0.25, -0.2) is 8.42 Å². The number of thiophene rings is 1. The summed E-state index contributed by atoms with van der Waals surface area (Å²) in [6, 6.07) is 1.66. The number of hydrogen-bond acceptors (Lipinski definition) is 4. The van der Waals surface area contributed by atoms with Crippen molar-refractivity contribution < 1.29 is 8.42 Å². The Hall–Kier alpha value is -0.0200. The van der Waals surface area contributed by atoms with Gasteiger partial charge < -0.3 is 5.73 Å². The first kappa shape index (κ1) is 16.0. The molecule has 1 aromatic heterocycles. The first-order valence-electron chi connectivity index (χ1n) is 5.18. The topological polar surface area (TPSA) is 63.4 Å². The molecule has 0 fully saturated rings. The molecule has 1 unspecified atom stereocenters. The van der Waals surface area contributed by atoms with Crippen LogP contribution >= 0.6 is 39.5 Å². The fourth-order valence-electron chi connectivity index (χ4n) is 1.29. The average molecular weight is 371 g/mol. The van der Waals surface area contributed by atoms with Gasteiger partial charge in [-0.2, -0.15) is 4.31 Å². The molecule has 0 amide bonds. The molecule has 4 nitrogen and oxygen atoms in total. The van der Waals surface area contributed by atoms with Crippen LogP contribution in [0.25, 0.3) is 0 Å². The highest BCUT2D eigenvalue weighted by Gasteiger charge is 2.25. The van der Waals surface area contributed by atoms with Crippen LogP contribution in [0.2, 0.25) is 0 Å². The van der Waals surface area contributed by atoms with Crippen LogP contribution in [0, 0.1) is 12.8 Å². The number of thiocarbonyl (C=S) groups is 1. The van der Waals surface area contributed by atoms with E-state index in [0.29, 0.717) is 9.20 Å². The summed E-state index contributed by atoms with van der Waals surface area (Å²) in [5, 5.41) is 0. The molecule has 8 heteroatoms. The minimum atomic E-state index is -3.46. The third-order valence-electron chi connectivity index (χ3n) is 2.52. The molecule has 1 heterocycles. The minimum absolute atomic E-state index is 0.149. The number of rotatable bonds is 5. The maximum absolute atomic E-state index is 12.3. The zero-order chi connectivity index (χ0) is 14.1. The fraction of sp³-hybridized carbons (Fsp3) is 0.500. The second-order valence-electron chi connectivity index (χ2n) is 4.11. The largest absolute Gasteiger partial charge is 0.393 e. The zero-order valence-corrected chi connectivity index (χ0v) is 14.3. The number of sulfonamides is 1. The van der Waals surface area contributed by atoms with Gasteiger partial charge in [-0.05, 0) is 34.5 Å². The lowest BCUT2D eigenvalue weighted by molar-refractivity contribution is 0.446. The van der Waals surface area contributed by atoms with Gasteiger partial charge in [0, 0.05) is 19.5 Å². The van der Waals surface area contributed by atoms with E-state index in [1.807, 2.05) is 13.8 Å². The summed E-state index contributed by atoms with van der Waals surface area (Å²) in [6.45, 7) is 3.95. The quantitative estimate of drug-likeness (QED) is 0.808. The molecule has 0 bridgehead atoms. The van der Waals surface area contributed by atoms with Gasteiger partial charge in [0.1, 0.15) is 4.21 Å². The maximum Gasteiger partial charge on any atom is 0.252 e. The van der Waals surface area contributed by atoms with Crippen LogP contribution in [0.5, 0.6) is 0 Å². The van der Waals surface area contributed by atoms with Crippen molar-refractivity contribution in [3.05, 3.63) is 15.4 Å². The van der Waals surface area contributed by atoms with Gasteiger partial charge in [0.2, 0.25) is 0 Å². The van der Waals surface area contributed by atoms with Gasteiger partial charge in [0.05, 0.1) is 8.77 Å². The summed E-state index contributed by atoms with van der Waals surface area (Å²) in [5.41, 5.74) is 6.41. The molecular weight excluding hydrogens is 356 g/mol. The lowest BCUT2D eigenvalue weighted by atomic mass is 10.2. The first-order valence-corrected chi connectivity index (χ1v) is 8.63. The Morgan fingerprint density at radius 3 is 2.61 bits per heavy atom. The van der Waals surface area contributed by atoms with Gasteiger partial charge in [0.25, 0.3) is 10.0 Å². The van der Waals surface area contributed by atoms with Crippen LogP contribution in [0.15, 0.2) is 14.1 Å². The molecular formula is C10H15BrN2O2S3. The Kier molecular flexibility index (Phi) is 5.31.